The molecule has 1 aromatic rings. The predicted molar refractivity (Wildman–Crippen MR) is 51.9 cm³/mol. The molecule has 0 fully saturated rings. The lowest BCUT2D eigenvalue weighted by Crippen LogP contribution is -1.94. The maximum Gasteiger partial charge on any atom is 0.328 e. The Balaban J connectivity index is 2.92. The van der Waals surface area contributed by atoms with Crippen molar-refractivity contribution in [1.29, 1.82) is 0 Å². The fourth-order valence-corrected chi connectivity index (χ4v) is 0.864. The van der Waals surface area contributed by atoms with Crippen LogP contribution in [0, 0.1) is 0 Å². The molecule has 0 saturated carbocycles. The van der Waals surface area contributed by atoms with E-state index in [0.717, 1.165) is 6.08 Å². The van der Waals surface area contributed by atoms with Crippen molar-refractivity contribution in [2.45, 2.75) is 0 Å². The fraction of sp³-hybridized carbons (Fsp3) is 0. The Hall–Kier alpha value is -1.97. The molecule has 0 heterocycles. The average Bonchev–Trinajstić information content (AvgIpc) is 2.07. The molecule has 0 saturated heterocycles. The highest BCUT2D eigenvalue weighted by Gasteiger charge is 1.94. The third kappa shape index (κ3) is 2.52. The van der Waals surface area contributed by atoms with E-state index in [0.29, 0.717) is 16.9 Å². The SMILES string of the molecule is Nc1ccc(/C=C\C(=O)O)cc1N. The zero-order chi connectivity index (χ0) is 9.84. The quantitative estimate of drug-likeness (QED) is 0.464. The molecule has 0 aromatic heterocycles. The van der Waals surface area contributed by atoms with Crippen molar-refractivity contribution in [2.24, 2.45) is 0 Å². The summed E-state index contributed by atoms with van der Waals surface area (Å²) in [4.78, 5) is 10.2. The third-order valence-electron chi connectivity index (χ3n) is 1.53. The van der Waals surface area contributed by atoms with Crippen molar-refractivity contribution in [3.8, 4) is 0 Å². The molecule has 0 aliphatic rings. The van der Waals surface area contributed by atoms with Crippen molar-refractivity contribution in [2.75, 3.05) is 11.5 Å². The van der Waals surface area contributed by atoms with E-state index in [2.05, 4.69) is 0 Å². The van der Waals surface area contributed by atoms with Crippen LogP contribution in [-0.2, 0) is 4.79 Å². The van der Waals surface area contributed by atoms with Gasteiger partial charge in [0.25, 0.3) is 0 Å². The summed E-state index contributed by atoms with van der Waals surface area (Å²) in [7, 11) is 0. The van der Waals surface area contributed by atoms with Gasteiger partial charge in [-0.25, -0.2) is 4.79 Å². The molecule has 13 heavy (non-hydrogen) atoms. The van der Waals surface area contributed by atoms with Gasteiger partial charge in [-0.3, -0.25) is 0 Å². The molecular formula is C9H10N2O2. The minimum atomic E-state index is -0.990. The number of carbonyl (C=O) groups is 1. The number of hydrogen-bond acceptors (Lipinski definition) is 3. The lowest BCUT2D eigenvalue weighted by molar-refractivity contribution is -0.131. The number of carboxylic acid groups (broad SMARTS) is 1. The molecular weight excluding hydrogens is 168 g/mol. The Morgan fingerprint density at radius 1 is 1.31 bits per heavy atom. The van der Waals surface area contributed by atoms with Crippen LogP contribution in [0.2, 0.25) is 0 Å². The molecule has 5 N–H and O–H groups in total. The maximum atomic E-state index is 10.2. The van der Waals surface area contributed by atoms with E-state index in [1.165, 1.54) is 6.08 Å². The summed E-state index contributed by atoms with van der Waals surface area (Å²) in [6.45, 7) is 0. The van der Waals surface area contributed by atoms with E-state index in [1.54, 1.807) is 18.2 Å². The second-order valence-corrected chi connectivity index (χ2v) is 2.56. The molecule has 0 spiro atoms. The molecule has 4 nitrogen and oxygen atoms in total. The zero-order valence-corrected chi connectivity index (χ0v) is 6.90. The highest BCUT2D eigenvalue weighted by molar-refractivity contribution is 5.85. The summed E-state index contributed by atoms with van der Waals surface area (Å²) in [5, 5.41) is 8.36. The molecule has 0 atom stereocenters. The Labute approximate surface area is 75.5 Å². The van der Waals surface area contributed by atoms with Gasteiger partial charge in [-0.2, -0.15) is 0 Å². The van der Waals surface area contributed by atoms with Crippen LogP contribution in [0.1, 0.15) is 5.56 Å². The van der Waals surface area contributed by atoms with E-state index in [4.69, 9.17) is 16.6 Å². The third-order valence-corrected chi connectivity index (χ3v) is 1.53. The molecule has 0 aliphatic carbocycles. The van der Waals surface area contributed by atoms with Crippen LogP contribution in [0.4, 0.5) is 11.4 Å². The molecule has 0 bridgehead atoms. The van der Waals surface area contributed by atoms with Gasteiger partial charge in [-0.05, 0) is 23.8 Å². The molecule has 0 unspecified atom stereocenters. The number of aliphatic carboxylic acids is 1. The van der Waals surface area contributed by atoms with E-state index in [-0.39, 0.29) is 0 Å². The van der Waals surface area contributed by atoms with Crippen molar-refractivity contribution < 1.29 is 9.90 Å². The second kappa shape index (κ2) is 3.62. The van der Waals surface area contributed by atoms with Crippen molar-refractivity contribution in [3.05, 3.63) is 29.8 Å². The van der Waals surface area contributed by atoms with Crippen LogP contribution < -0.4 is 11.5 Å². The van der Waals surface area contributed by atoms with E-state index >= 15 is 0 Å². The summed E-state index contributed by atoms with van der Waals surface area (Å²) in [5.74, 6) is -0.990. The second-order valence-electron chi connectivity index (χ2n) is 2.56. The number of benzene rings is 1. The Bertz CT molecular complexity index is 359. The summed E-state index contributed by atoms with van der Waals surface area (Å²) in [6.07, 6.45) is 2.50. The average molecular weight is 178 g/mol. The van der Waals surface area contributed by atoms with Crippen LogP contribution in [0.15, 0.2) is 24.3 Å². The number of carboxylic acids is 1. The van der Waals surface area contributed by atoms with Crippen molar-refractivity contribution in [1.82, 2.24) is 0 Å². The highest BCUT2D eigenvalue weighted by Crippen LogP contribution is 2.16. The Morgan fingerprint density at radius 2 is 2.00 bits per heavy atom. The largest absolute Gasteiger partial charge is 0.478 e. The van der Waals surface area contributed by atoms with E-state index in [9.17, 15) is 4.79 Å². The molecule has 0 amide bonds. The summed E-state index contributed by atoms with van der Waals surface area (Å²) in [5.41, 5.74) is 12.7. The lowest BCUT2D eigenvalue weighted by Gasteiger charge is -1.99. The lowest BCUT2D eigenvalue weighted by atomic mass is 10.1. The normalized spacial score (nSPS) is 10.5. The smallest absolute Gasteiger partial charge is 0.328 e. The first-order valence-corrected chi connectivity index (χ1v) is 3.65. The van der Waals surface area contributed by atoms with Gasteiger partial charge >= 0.3 is 5.97 Å². The maximum absolute atomic E-state index is 10.2. The van der Waals surface area contributed by atoms with Crippen LogP contribution in [0.25, 0.3) is 6.08 Å². The highest BCUT2D eigenvalue weighted by atomic mass is 16.4. The number of nitrogens with two attached hydrogens (primary N) is 2. The molecule has 0 radical (unpaired) electrons. The molecule has 1 aromatic carbocycles. The molecule has 0 aliphatic heterocycles. The van der Waals surface area contributed by atoms with Crippen LogP contribution in [-0.4, -0.2) is 11.1 Å². The fourth-order valence-electron chi connectivity index (χ4n) is 0.864. The summed E-state index contributed by atoms with van der Waals surface area (Å²) in [6, 6.07) is 4.96. The van der Waals surface area contributed by atoms with E-state index < -0.39 is 5.97 Å². The number of anilines is 2. The summed E-state index contributed by atoms with van der Waals surface area (Å²) >= 11 is 0. The van der Waals surface area contributed by atoms with Crippen LogP contribution in [0.3, 0.4) is 0 Å². The van der Waals surface area contributed by atoms with Gasteiger partial charge in [0.15, 0.2) is 0 Å². The van der Waals surface area contributed by atoms with Gasteiger partial charge in [-0.1, -0.05) is 6.07 Å². The number of nitrogen functional groups attached to an aromatic ring is 2. The van der Waals surface area contributed by atoms with Gasteiger partial charge < -0.3 is 16.6 Å². The minimum Gasteiger partial charge on any atom is -0.478 e. The Kier molecular flexibility index (Phi) is 2.54. The number of rotatable bonds is 2. The standard InChI is InChI=1S/C9H10N2O2/c10-7-3-1-6(5-8(7)11)2-4-9(12)13/h1-5H,10-11H2,(H,12,13)/b4-2-. The zero-order valence-electron chi connectivity index (χ0n) is 6.90. The van der Waals surface area contributed by atoms with Gasteiger partial charge in [0, 0.05) is 6.08 Å². The van der Waals surface area contributed by atoms with Gasteiger partial charge in [0.05, 0.1) is 11.4 Å². The van der Waals surface area contributed by atoms with E-state index in [1.807, 2.05) is 0 Å². The minimum absolute atomic E-state index is 0.451. The van der Waals surface area contributed by atoms with Crippen molar-refractivity contribution >= 4 is 23.4 Å². The molecule has 4 heteroatoms. The Morgan fingerprint density at radius 3 is 2.54 bits per heavy atom. The summed E-state index contributed by atoms with van der Waals surface area (Å²) < 4.78 is 0. The first-order chi connectivity index (χ1) is 6.09. The monoisotopic (exact) mass is 178 g/mol. The topological polar surface area (TPSA) is 89.3 Å². The van der Waals surface area contributed by atoms with Crippen LogP contribution in [0.5, 0.6) is 0 Å². The molecule has 68 valence electrons. The van der Waals surface area contributed by atoms with Crippen LogP contribution >= 0.6 is 0 Å². The first-order valence-electron chi connectivity index (χ1n) is 3.65. The van der Waals surface area contributed by atoms with Gasteiger partial charge in [0.1, 0.15) is 0 Å². The van der Waals surface area contributed by atoms with Gasteiger partial charge in [-0.15, -0.1) is 0 Å². The van der Waals surface area contributed by atoms with Crippen molar-refractivity contribution in [3.63, 3.8) is 0 Å². The first kappa shape index (κ1) is 9.12. The predicted octanol–water partition coefficient (Wildman–Crippen LogP) is 0.949. The molecule has 1 rings (SSSR count). The number of hydrogen-bond donors (Lipinski definition) is 3. The van der Waals surface area contributed by atoms with Gasteiger partial charge in [0.2, 0.25) is 0 Å².